The molecule has 0 spiro atoms. The maximum atomic E-state index is 12.4. The molecule has 6 heteroatoms. The Morgan fingerprint density at radius 2 is 2.00 bits per heavy atom. The maximum Gasteiger partial charge on any atom is 0.265 e. The summed E-state index contributed by atoms with van der Waals surface area (Å²) >= 11 is 5.00. The average Bonchev–Trinajstić information content (AvgIpc) is 2.54. The second-order valence-electron chi connectivity index (χ2n) is 4.94. The fourth-order valence-corrected chi connectivity index (χ4v) is 2.29. The van der Waals surface area contributed by atoms with Gasteiger partial charge in [-0.2, -0.15) is 0 Å². The number of nitrogens with one attached hydrogen (secondary N) is 1. The lowest BCUT2D eigenvalue weighted by Gasteiger charge is -2.27. The summed E-state index contributed by atoms with van der Waals surface area (Å²) in [6.45, 7) is 6.52. The molecule has 1 aliphatic rings. The fourth-order valence-electron chi connectivity index (χ4n) is 2.04. The van der Waals surface area contributed by atoms with E-state index in [4.69, 9.17) is 17.0 Å². The van der Waals surface area contributed by atoms with Crippen molar-refractivity contribution in [2.45, 2.75) is 13.3 Å². The molecule has 5 nitrogen and oxygen atoms in total. The van der Waals surface area contributed by atoms with E-state index >= 15 is 0 Å². The van der Waals surface area contributed by atoms with Gasteiger partial charge >= 0.3 is 0 Å². The van der Waals surface area contributed by atoms with Crippen molar-refractivity contribution in [1.29, 1.82) is 0 Å². The van der Waals surface area contributed by atoms with Gasteiger partial charge in [-0.15, -0.1) is 6.58 Å². The summed E-state index contributed by atoms with van der Waals surface area (Å²) in [6, 6.07) is 7.20. The van der Waals surface area contributed by atoms with Gasteiger partial charge in [0.05, 0.1) is 6.61 Å². The highest BCUT2D eigenvalue weighted by Crippen LogP contribution is 2.17. The first-order valence-electron chi connectivity index (χ1n) is 7.29. The largest absolute Gasteiger partial charge is 0.494 e. The van der Waals surface area contributed by atoms with Crippen molar-refractivity contribution in [2.75, 3.05) is 13.2 Å². The molecule has 1 aromatic rings. The van der Waals surface area contributed by atoms with Crippen LogP contribution < -0.4 is 10.1 Å². The minimum absolute atomic E-state index is 0.0441. The zero-order valence-corrected chi connectivity index (χ0v) is 13.7. The highest BCUT2D eigenvalue weighted by Gasteiger charge is 2.32. The Kier molecular flexibility index (Phi) is 5.65. The van der Waals surface area contributed by atoms with E-state index in [0.717, 1.165) is 17.7 Å². The lowest BCUT2D eigenvalue weighted by atomic mass is 10.1. The van der Waals surface area contributed by atoms with Gasteiger partial charge in [-0.05, 0) is 42.4 Å². The van der Waals surface area contributed by atoms with Crippen LogP contribution in [0.1, 0.15) is 18.9 Å². The third-order valence-corrected chi connectivity index (χ3v) is 3.48. The van der Waals surface area contributed by atoms with Gasteiger partial charge in [-0.25, -0.2) is 0 Å². The number of ether oxygens (including phenoxy) is 1. The van der Waals surface area contributed by atoms with Crippen molar-refractivity contribution < 1.29 is 14.3 Å². The molecule has 2 amide bonds. The van der Waals surface area contributed by atoms with E-state index in [1.165, 1.54) is 4.90 Å². The quantitative estimate of drug-likeness (QED) is 0.376. The summed E-state index contributed by atoms with van der Waals surface area (Å²) in [5.41, 5.74) is 0.779. The van der Waals surface area contributed by atoms with Crippen LogP contribution in [0.5, 0.6) is 5.75 Å². The second kappa shape index (κ2) is 7.69. The molecule has 0 bridgehead atoms. The number of carbonyl (C=O) groups is 2. The molecule has 0 radical (unpaired) electrons. The minimum Gasteiger partial charge on any atom is -0.494 e. The van der Waals surface area contributed by atoms with Gasteiger partial charge in [-0.1, -0.05) is 25.1 Å². The molecule has 1 N–H and O–H groups in total. The van der Waals surface area contributed by atoms with Gasteiger partial charge in [0.2, 0.25) is 0 Å². The fraction of sp³-hybridized carbons (Fsp3) is 0.235. The third kappa shape index (κ3) is 4.04. The van der Waals surface area contributed by atoms with Crippen molar-refractivity contribution in [3.63, 3.8) is 0 Å². The Morgan fingerprint density at radius 3 is 2.61 bits per heavy atom. The molecule has 1 saturated heterocycles. The summed E-state index contributed by atoms with van der Waals surface area (Å²) in [5, 5.41) is 2.61. The Bertz CT molecular complexity index is 665. The Hall–Kier alpha value is -2.47. The maximum absolute atomic E-state index is 12.4. The standard InChI is InChI=1S/C17H18N2O3S/c1-3-9-19-16(21)14(15(20)18-17(19)23)11-12-5-7-13(8-6-12)22-10-4-2/h3,5-8,11H,1,4,9-10H2,2H3,(H,18,20,23)/b14-11+. The van der Waals surface area contributed by atoms with Crippen molar-refractivity contribution in [3.8, 4) is 5.75 Å². The SMILES string of the molecule is C=CCN1C(=O)/C(=C/c2ccc(OCCC)cc2)C(=O)NC1=S. The molecule has 0 saturated carbocycles. The molecule has 0 aromatic heterocycles. The highest BCUT2D eigenvalue weighted by molar-refractivity contribution is 7.80. The number of hydrogen-bond acceptors (Lipinski definition) is 4. The molecule has 1 aromatic carbocycles. The summed E-state index contributed by atoms with van der Waals surface area (Å²) in [5.74, 6) is -0.167. The molecular formula is C17H18N2O3S. The van der Waals surface area contributed by atoms with Crippen LogP contribution in [0.3, 0.4) is 0 Å². The topological polar surface area (TPSA) is 58.6 Å². The molecular weight excluding hydrogens is 312 g/mol. The number of carbonyl (C=O) groups excluding carboxylic acids is 2. The summed E-state index contributed by atoms with van der Waals surface area (Å²) in [7, 11) is 0. The van der Waals surface area contributed by atoms with Crippen LogP contribution in [-0.2, 0) is 9.59 Å². The normalized spacial score (nSPS) is 16.5. The van der Waals surface area contributed by atoms with E-state index in [9.17, 15) is 9.59 Å². The van der Waals surface area contributed by atoms with Crippen LogP contribution in [0.4, 0.5) is 0 Å². The molecule has 120 valence electrons. The van der Waals surface area contributed by atoms with Gasteiger partial charge in [0.15, 0.2) is 5.11 Å². The van der Waals surface area contributed by atoms with E-state index in [1.54, 1.807) is 36.4 Å². The summed E-state index contributed by atoms with van der Waals surface area (Å²) in [4.78, 5) is 25.7. The van der Waals surface area contributed by atoms with Crippen molar-refractivity contribution in [2.24, 2.45) is 0 Å². The first-order valence-corrected chi connectivity index (χ1v) is 7.70. The molecule has 1 fully saturated rings. The average molecular weight is 330 g/mol. The smallest absolute Gasteiger partial charge is 0.265 e. The van der Waals surface area contributed by atoms with Gasteiger partial charge in [0.1, 0.15) is 11.3 Å². The van der Waals surface area contributed by atoms with Crippen LogP contribution in [0.25, 0.3) is 6.08 Å². The first kappa shape index (κ1) is 16.9. The van der Waals surface area contributed by atoms with Crippen LogP contribution in [0, 0.1) is 0 Å². The number of hydrogen-bond donors (Lipinski definition) is 1. The number of benzene rings is 1. The van der Waals surface area contributed by atoms with E-state index in [-0.39, 0.29) is 17.2 Å². The Balaban J connectivity index is 2.22. The lowest BCUT2D eigenvalue weighted by molar-refractivity contribution is -0.128. The molecule has 0 unspecified atom stereocenters. The predicted molar refractivity (Wildman–Crippen MR) is 92.9 cm³/mol. The predicted octanol–water partition coefficient (Wildman–Crippen LogP) is 2.29. The zero-order valence-electron chi connectivity index (χ0n) is 12.9. The molecule has 1 aliphatic heterocycles. The minimum atomic E-state index is -0.494. The van der Waals surface area contributed by atoms with Gasteiger partial charge < -0.3 is 4.74 Å². The van der Waals surface area contributed by atoms with Crippen molar-refractivity contribution in [1.82, 2.24) is 10.2 Å². The van der Waals surface area contributed by atoms with Crippen molar-refractivity contribution in [3.05, 3.63) is 48.1 Å². The van der Waals surface area contributed by atoms with E-state index in [1.807, 2.05) is 6.92 Å². The number of thiocarbonyl (C=S) groups is 1. The zero-order chi connectivity index (χ0) is 16.8. The van der Waals surface area contributed by atoms with E-state index < -0.39 is 11.8 Å². The monoisotopic (exact) mass is 330 g/mol. The van der Waals surface area contributed by atoms with E-state index in [2.05, 4.69) is 11.9 Å². The number of amides is 2. The van der Waals surface area contributed by atoms with Crippen LogP contribution in [-0.4, -0.2) is 35.0 Å². The molecule has 0 aliphatic carbocycles. The third-order valence-electron chi connectivity index (χ3n) is 3.16. The highest BCUT2D eigenvalue weighted by atomic mass is 32.1. The summed E-state index contributed by atoms with van der Waals surface area (Å²) < 4.78 is 5.50. The van der Waals surface area contributed by atoms with Gasteiger partial charge in [-0.3, -0.25) is 19.8 Å². The Labute approximate surface area is 140 Å². The first-order chi connectivity index (χ1) is 11.1. The van der Waals surface area contributed by atoms with Crippen LogP contribution >= 0.6 is 12.2 Å². The lowest BCUT2D eigenvalue weighted by Crippen LogP contribution is -2.53. The second-order valence-corrected chi connectivity index (χ2v) is 5.33. The van der Waals surface area contributed by atoms with E-state index in [0.29, 0.717) is 6.61 Å². The van der Waals surface area contributed by atoms with Crippen molar-refractivity contribution >= 4 is 35.2 Å². The number of rotatable bonds is 6. The van der Waals surface area contributed by atoms with Crippen LogP contribution in [0.2, 0.25) is 0 Å². The molecule has 23 heavy (non-hydrogen) atoms. The Morgan fingerprint density at radius 1 is 1.30 bits per heavy atom. The van der Waals surface area contributed by atoms with Crippen LogP contribution in [0.15, 0.2) is 42.5 Å². The molecule has 2 rings (SSSR count). The van der Waals surface area contributed by atoms with Gasteiger partial charge in [0.25, 0.3) is 11.8 Å². The van der Waals surface area contributed by atoms with Gasteiger partial charge in [0, 0.05) is 6.54 Å². The molecule has 1 heterocycles. The number of nitrogens with zero attached hydrogens (tertiary/aromatic N) is 1. The molecule has 0 atom stereocenters. The summed E-state index contributed by atoms with van der Waals surface area (Å²) in [6.07, 6.45) is 4.03.